The molecule has 5 nitrogen and oxygen atoms in total. The first-order valence-corrected chi connectivity index (χ1v) is 29.6. The lowest BCUT2D eigenvalue weighted by Gasteiger charge is -2.21. The molecule has 0 aliphatic rings. The number of amides is 1. The summed E-state index contributed by atoms with van der Waals surface area (Å²) in [5, 5.41) is 33.5. The first-order chi connectivity index (χ1) is 32.0. The minimum absolute atomic E-state index is 0.0164. The standard InChI is InChI=1S/C60H117NO4/c1-3-5-7-9-11-13-15-17-19-21-23-25-27-28-29-30-31-32-33-35-37-39-41-43-45-47-49-51-53-57(63)55-60(65)61-58(56-62)59(64)54-52-50-48-46-44-42-40-38-36-34-26-24-22-20-18-16-14-12-10-8-6-4-2/h28-29,52,54,57-59,62-64H,3-27,30-51,53,55-56H2,1-2H3,(H,61,65)/b29-28-,54-52+. The molecule has 0 aliphatic carbocycles. The van der Waals surface area contributed by atoms with Gasteiger partial charge in [-0.3, -0.25) is 4.79 Å². The molecule has 0 bridgehead atoms. The topological polar surface area (TPSA) is 89.8 Å². The Kier molecular flexibility index (Phi) is 54.4. The molecule has 4 N–H and O–H groups in total. The fraction of sp³-hybridized carbons (Fsp3) is 0.917. The summed E-state index contributed by atoms with van der Waals surface area (Å²) in [6, 6.07) is -0.744. The number of nitrogens with one attached hydrogen (secondary N) is 1. The van der Waals surface area contributed by atoms with Crippen molar-refractivity contribution in [3.05, 3.63) is 24.3 Å². The fourth-order valence-corrected chi connectivity index (χ4v) is 9.46. The number of aliphatic hydroxyl groups excluding tert-OH is 3. The predicted molar refractivity (Wildman–Crippen MR) is 287 cm³/mol. The van der Waals surface area contributed by atoms with Crippen molar-refractivity contribution in [1.82, 2.24) is 5.32 Å². The molecule has 386 valence electrons. The Morgan fingerprint density at radius 1 is 0.385 bits per heavy atom. The van der Waals surface area contributed by atoms with Gasteiger partial charge in [0.05, 0.1) is 31.3 Å². The van der Waals surface area contributed by atoms with Crippen molar-refractivity contribution in [2.75, 3.05) is 6.61 Å². The van der Waals surface area contributed by atoms with Crippen LogP contribution in [0.4, 0.5) is 0 Å². The molecule has 3 unspecified atom stereocenters. The molecule has 0 heterocycles. The molecule has 65 heavy (non-hydrogen) atoms. The van der Waals surface area contributed by atoms with Gasteiger partial charge >= 0.3 is 0 Å². The van der Waals surface area contributed by atoms with E-state index in [2.05, 4.69) is 31.3 Å². The van der Waals surface area contributed by atoms with E-state index in [1.165, 1.54) is 276 Å². The zero-order valence-corrected chi connectivity index (χ0v) is 44.1. The summed E-state index contributed by atoms with van der Waals surface area (Å²) in [6.45, 7) is 4.26. The minimum atomic E-state index is -0.928. The SMILES string of the molecule is CCCCCCCCCCCCCC/C=C\CCCCCCCCCCCCCCC(O)CC(=O)NC(CO)C(O)/C=C/CCCCCCCCCCCCCCCCCCCCCC. The number of unbranched alkanes of at least 4 members (excludes halogenated alkanes) is 44. The zero-order valence-electron chi connectivity index (χ0n) is 44.1. The highest BCUT2D eigenvalue weighted by Gasteiger charge is 2.20. The number of carbonyl (C=O) groups excluding carboxylic acids is 1. The van der Waals surface area contributed by atoms with E-state index in [0.29, 0.717) is 6.42 Å². The van der Waals surface area contributed by atoms with Crippen LogP contribution >= 0.6 is 0 Å². The van der Waals surface area contributed by atoms with Gasteiger partial charge in [0, 0.05) is 0 Å². The normalized spacial score (nSPS) is 13.4. The van der Waals surface area contributed by atoms with Crippen LogP contribution in [-0.4, -0.2) is 46.1 Å². The smallest absolute Gasteiger partial charge is 0.222 e. The molecule has 0 saturated carbocycles. The first-order valence-electron chi connectivity index (χ1n) is 29.6. The molecule has 0 aromatic carbocycles. The van der Waals surface area contributed by atoms with Gasteiger partial charge in [0.1, 0.15) is 0 Å². The quantitative estimate of drug-likeness (QED) is 0.0361. The molecule has 0 rings (SSSR count). The highest BCUT2D eigenvalue weighted by atomic mass is 16.3. The van der Waals surface area contributed by atoms with Crippen molar-refractivity contribution < 1.29 is 20.1 Å². The molecule has 3 atom stereocenters. The van der Waals surface area contributed by atoms with Gasteiger partial charge in [-0.25, -0.2) is 0 Å². The number of aliphatic hydroxyl groups is 3. The summed E-state index contributed by atoms with van der Waals surface area (Å²) in [6.07, 6.45) is 70.9. The maximum Gasteiger partial charge on any atom is 0.222 e. The van der Waals surface area contributed by atoms with Crippen molar-refractivity contribution in [3.63, 3.8) is 0 Å². The maximum absolute atomic E-state index is 12.5. The number of rotatable bonds is 55. The summed E-state index contributed by atoms with van der Waals surface area (Å²) < 4.78 is 0. The van der Waals surface area contributed by atoms with Gasteiger partial charge in [-0.1, -0.05) is 301 Å². The number of allylic oxidation sites excluding steroid dienone is 3. The van der Waals surface area contributed by atoms with Crippen LogP contribution in [0, 0.1) is 0 Å². The van der Waals surface area contributed by atoms with E-state index in [1.807, 2.05) is 6.08 Å². The van der Waals surface area contributed by atoms with Crippen molar-refractivity contribution in [2.45, 2.75) is 347 Å². The second-order valence-electron chi connectivity index (χ2n) is 20.6. The molecular weight excluding hydrogens is 799 g/mol. The lowest BCUT2D eigenvalue weighted by molar-refractivity contribution is -0.124. The number of hydrogen-bond donors (Lipinski definition) is 4. The summed E-state index contributed by atoms with van der Waals surface area (Å²) >= 11 is 0. The fourth-order valence-electron chi connectivity index (χ4n) is 9.46. The molecule has 0 aromatic rings. The van der Waals surface area contributed by atoms with Crippen LogP contribution in [0.2, 0.25) is 0 Å². The van der Waals surface area contributed by atoms with E-state index in [1.54, 1.807) is 6.08 Å². The second-order valence-corrected chi connectivity index (χ2v) is 20.6. The Balaban J connectivity index is 3.54. The average molecular weight is 917 g/mol. The van der Waals surface area contributed by atoms with Gasteiger partial charge in [-0.15, -0.1) is 0 Å². The molecule has 5 heteroatoms. The van der Waals surface area contributed by atoms with Crippen molar-refractivity contribution >= 4 is 5.91 Å². The van der Waals surface area contributed by atoms with Crippen LogP contribution in [0.3, 0.4) is 0 Å². The van der Waals surface area contributed by atoms with Gasteiger partial charge in [0.15, 0.2) is 0 Å². The molecule has 0 aliphatic heterocycles. The van der Waals surface area contributed by atoms with Crippen LogP contribution in [-0.2, 0) is 4.79 Å². The molecule has 0 spiro atoms. The third kappa shape index (κ3) is 52.1. The Bertz CT molecular complexity index is 967. The van der Waals surface area contributed by atoms with Crippen LogP contribution in [0.15, 0.2) is 24.3 Å². The molecule has 1 amide bonds. The Morgan fingerprint density at radius 3 is 0.938 bits per heavy atom. The largest absolute Gasteiger partial charge is 0.394 e. The van der Waals surface area contributed by atoms with Crippen molar-refractivity contribution in [1.29, 1.82) is 0 Å². The third-order valence-electron chi connectivity index (χ3n) is 14.0. The second kappa shape index (κ2) is 55.4. The molecule has 0 saturated heterocycles. The number of hydrogen-bond acceptors (Lipinski definition) is 4. The Morgan fingerprint density at radius 2 is 0.646 bits per heavy atom. The average Bonchev–Trinajstić information content (AvgIpc) is 3.30. The highest BCUT2D eigenvalue weighted by Crippen LogP contribution is 2.18. The van der Waals surface area contributed by atoms with Gasteiger partial charge in [0.25, 0.3) is 0 Å². The monoisotopic (exact) mass is 916 g/mol. The predicted octanol–water partition coefficient (Wildman–Crippen LogP) is 18.5. The highest BCUT2D eigenvalue weighted by molar-refractivity contribution is 5.76. The lowest BCUT2D eigenvalue weighted by Crippen LogP contribution is -2.45. The molecule has 0 aromatic heterocycles. The van der Waals surface area contributed by atoms with Gasteiger partial charge in [-0.2, -0.15) is 0 Å². The van der Waals surface area contributed by atoms with Crippen LogP contribution in [0.25, 0.3) is 0 Å². The van der Waals surface area contributed by atoms with Gasteiger partial charge in [-0.05, 0) is 44.9 Å². The third-order valence-corrected chi connectivity index (χ3v) is 14.0. The van der Waals surface area contributed by atoms with E-state index in [-0.39, 0.29) is 18.9 Å². The van der Waals surface area contributed by atoms with E-state index >= 15 is 0 Å². The van der Waals surface area contributed by atoms with E-state index in [0.717, 1.165) is 25.7 Å². The van der Waals surface area contributed by atoms with E-state index in [4.69, 9.17) is 0 Å². The number of carbonyl (C=O) groups is 1. The van der Waals surface area contributed by atoms with E-state index in [9.17, 15) is 20.1 Å². The van der Waals surface area contributed by atoms with Gasteiger partial charge in [0.2, 0.25) is 5.91 Å². The van der Waals surface area contributed by atoms with Gasteiger partial charge < -0.3 is 20.6 Å². The summed E-state index contributed by atoms with van der Waals surface area (Å²) in [5.41, 5.74) is 0. The summed E-state index contributed by atoms with van der Waals surface area (Å²) in [4.78, 5) is 12.5. The first kappa shape index (κ1) is 63.8. The molecule has 0 radical (unpaired) electrons. The summed E-state index contributed by atoms with van der Waals surface area (Å²) in [5.74, 6) is -0.310. The van der Waals surface area contributed by atoms with Crippen LogP contribution in [0.1, 0.15) is 328 Å². The minimum Gasteiger partial charge on any atom is -0.394 e. The van der Waals surface area contributed by atoms with Crippen molar-refractivity contribution in [2.24, 2.45) is 0 Å². The molecular formula is C60H117NO4. The Hall–Kier alpha value is -1.17. The lowest BCUT2D eigenvalue weighted by atomic mass is 10.0. The molecule has 0 fully saturated rings. The van der Waals surface area contributed by atoms with Crippen LogP contribution < -0.4 is 5.32 Å². The van der Waals surface area contributed by atoms with E-state index < -0.39 is 18.2 Å². The summed E-state index contributed by atoms with van der Waals surface area (Å²) in [7, 11) is 0. The zero-order chi connectivity index (χ0) is 47.2. The maximum atomic E-state index is 12.5. The van der Waals surface area contributed by atoms with Crippen LogP contribution in [0.5, 0.6) is 0 Å². The van der Waals surface area contributed by atoms with Crippen molar-refractivity contribution in [3.8, 4) is 0 Å². The Labute approximate surface area is 407 Å².